The molecule has 36 heavy (non-hydrogen) atoms. The summed E-state index contributed by atoms with van der Waals surface area (Å²) in [6.45, 7) is 4.09. The largest absolute Gasteiger partial charge is 0.461 e. The van der Waals surface area contributed by atoms with Gasteiger partial charge < -0.3 is 24.3 Å². The number of nitrogen functional groups attached to an aromatic ring is 1. The standard InChI is InChI=1S/C12H11N3O4.C12H13N3O2/c1-2-19-12(16)11-7-14(8-13-11)9-3-5-10(6-4-9)15(17)18;1-2-17-12(16)11-7-15(8-14-11)10-5-3-9(13)4-6-10/h3-8H,2H2,1H3;3-8H,2,13H2,1H3. The van der Waals surface area contributed by atoms with Crippen molar-refractivity contribution in [2.45, 2.75) is 13.8 Å². The summed E-state index contributed by atoms with van der Waals surface area (Å²) < 4.78 is 13.0. The lowest BCUT2D eigenvalue weighted by Gasteiger charge is -2.01. The number of non-ortho nitro benzene ring substituents is 1. The lowest BCUT2D eigenvalue weighted by molar-refractivity contribution is -0.384. The number of nitrogens with two attached hydrogens (primary N) is 1. The molecular weight excluding hydrogens is 468 g/mol. The van der Waals surface area contributed by atoms with Crippen molar-refractivity contribution < 1.29 is 24.0 Å². The van der Waals surface area contributed by atoms with Crippen molar-refractivity contribution in [1.29, 1.82) is 0 Å². The van der Waals surface area contributed by atoms with E-state index in [4.69, 9.17) is 15.2 Å². The third kappa shape index (κ3) is 6.53. The summed E-state index contributed by atoms with van der Waals surface area (Å²) in [7, 11) is 0. The molecule has 0 saturated carbocycles. The van der Waals surface area contributed by atoms with Crippen molar-refractivity contribution in [2.24, 2.45) is 0 Å². The minimum absolute atomic E-state index is 0.00878. The summed E-state index contributed by atoms with van der Waals surface area (Å²) in [6.07, 6.45) is 6.16. The second-order valence-electron chi connectivity index (χ2n) is 7.14. The number of benzene rings is 2. The van der Waals surface area contributed by atoms with E-state index in [1.807, 2.05) is 12.1 Å². The van der Waals surface area contributed by atoms with Crippen LogP contribution in [0.5, 0.6) is 0 Å². The number of carbonyl (C=O) groups excluding carboxylic acids is 2. The van der Waals surface area contributed by atoms with E-state index in [1.165, 1.54) is 24.7 Å². The number of hydrogen-bond acceptors (Lipinski definition) is 9. The predicted octanol–water partition coefficient (Wildman–Crippen LogP) is 3.59. The third-order valence-electron chi connectivity index (χ3n) is 4.68. The minimum atomic E-state index is -0.497. The van der Waals surface area contributed by atoms with Gasteiger partial charge in [0.15, 0.2) is 11.4 Å². The average Bonchev–Trinajstić information content (AvgIpc) is 3.56. The van der Waals surface area contributed by atoms with Crippen molar-refractivity contribution in [1.82, 2.24) is 19.1 Å². The van der Waals surface area contributed by atoms with Gasteiger partial charge in [0.25, 0.3) is 5.69 Å². The van der Waals surface area contributed by atoms with E-state index in [1.54, 1.807) is 59.8 Å². The van der Waals surface area contributed by atoms with E-state index in [2.05, 4.69) is 9.97 Å². The number of nitro groups is 1. The molecule has 12 heteroatoms. The second kappa shape index (κ2) is 11.9. The molecule has 4 rings (SSSR count). The number of nitrogens with zero attached hydrogens (tertiary/aromatic N) is 5. The number of rotatable bonds is 7. The van der Waals surface area contributed by atoms with Gasteiger partial charge in [-0.25, -0.2) is 19.6 Å². The van der Waals surface area contributed by atoms with Crippen LogP contribution in [0.1, 0.15) is 34.8 Å². The summed E-state index contributed by atoms with van der Waals surface area (Å²) in [5, 5.41) is 10.5. The average molecular weight is 492 g/mol. The van der Waals surface area contributed by atoms with E-state index in [0.29, 0.717) is 23.7 Å². The first-order valence-electron chi connectivity index (χ1n) is 10.8. The van der Waals surface area contributed by atoms with Gasteiger partial charge in [0, 0.05) is 41.6 Å². The van der Waals surface area contributed by atoms with Crippen LogP contribution in [-0.4, -0.2) is 49.2 Å². The number of aromatic nitrogens is 4. The molecule has 0 amide bonds. The van der Waals surface area contributed by atoms with Crippen LogP contribution in [-0.2, 0) is 9.47 Å². The summed E-state index contributed by atoms with van der Waals surface area (Å²) in [5.41, 5.74) is 8.36. The molecule has 12 nitrogen and oxygen atoms in total. The molecule has 4 aromatic rings. The van der Waals surface area contributed by atoms with Crippen molar-refractivity contribution in [3.05, 3.63) is 95.1 Å². The third-order valence-corrected chi connectivity index (χ3v) is 4.68. The maximum atomic E-state index is 11.4. The predicted molar refractivity (Wildman–Crippen MR) is 130 cm³/mol. The van der Waals surface area contributed by atoms with Crippen LogP contribution < -0.4 is 5.73 Å². The first-order chi connectivity index (χ1) is 17.3. The molecule has 186 valence electrons. The molecule has 0 aliphatic rings. The van der Waals surface area contributed by atoms with Crippen LogP contribution in [0.25, 0.3) is 11.4 Å². The number of carbonyl (C=O) groups is 2. The molecule has 0 unspecified atom stereocenters. The summed E-state index contributed by atoms with van der Waals surface area (Å²) >= 11 is 0. The molecule has 0 spiro atoms. The molecule has 2 aromatic heterocycles. The van der Waals surface area contributed by atoms with Gasteiger partial charge in [0.05, 0.1) is 18.1 Å². The van der Waals surface area contributed by atoms with Crippen LogP contribution in [0.2, 0.25) is 0 Å². The SMILES string of the molecule is CCOC(=O)c1cn(-c2ccc(N)cc2)cn1.CCOC(=O)c1cn(-c2ccc([N+](=O)[O-])cc2)cn1. The number of ether oxygens (including phenoxy) is 2. The summed E-state index contributed by atoms with van der Waals surface area (Å²) in [6, 6.07) is 13.2. The van der Waals surface area contributed by atoms with Gasteiger partial charge >= 0.3 is 11.9 Å². The second-order valence-corrected chi connectivity index (χ2v) is 7.14. The van der Waals surface area contributed by atoms with E-state index in [0.717, 1.165) is 5.69 Å². The van der Waals surface area contributed by atoms with E-state index in [-0.39, 0.29) is 18.0 Å². The van der Waals surface area contributed by atoms with Gasteiger partial charge in [-0.2, -0.15) is 0 Å². The Hall–Kier alpha value is -5.00. The fourth-order valence-corrected chi connectivity index (χ4v) is 2.94. The van der Waals surface area contributed by atoms with Gasteiger partial charge in [-0.3, -0.25) is 10.1 Å². The molecule has 2 aromatic carbocycles. The number of imidazole rings is 2. The highest BCUT2D eigenvalue weighted by Crippen LogP contribution is 2.16. The van der Waals surface area contributed by atoms with Gasteiger partial charge in [0.2, 0.25) is 0 Å². The van der Waals surface area contributed by atoms with Crippen molar-refractivity contribution in [3.63, 3.8) is 0 Å². The maximum Gasteiger partial charge on any atom is 0.358 e. The molecule has 0 aliphatic carbocycles. The zero-order valence-electron chi connectivity index (χ0n) is 19.6. The van der Waals surface area contributed by atoms with E-state index in [9.17, 15) is 19.7 Å². The number of anilines is 1. The van der Waals surface area contributed by atoms with Gasteiger partial charge in [-0.05, 0) is 50.2 Å². The van der Waals surface area contributed by atoms with Crippen molar-refractivity contribution in [3.8, 4) is 11.4 Å². The molecule has 0 fully saturated rings. The van der Waals surface area contributed by atoms with Crippen molar-refractivity contribution >= 4 is 23.3 Å². The molecule has 0 saturated heterocycles. The molecule has 0 bridgehead atoms. The lowest BCUT2D eigenvalue weighted by atomic mass is 10.3. The quantitative estimate of drug-likeness (QED) is 0.176. The zero-order valence-corrected chi connectivity index (χ0v) is 19.6. The van der Waals surface area contributed by atoms with Crippen LogP contribution >= 0.6 is 0 Å². The molecule has 0 radical (unpaired) electrons. The van der Waals surface area contributed by atoms with Gasteiger partial charge in [0.1, 0.15) is 12.7 Å². The Labute approximate surface area is 206 Å². The number of nitro benzene ring substituents is 1. The maximum absolute atomic E-state index is 11.4. The highest BCUT2D eigenvalue weighted by Gasteiger charge is 2.12. The Morgan fingerprint density at radius 1 is 0.833 bits per heavy atom. The molecule has 2 N–H and O–H groups in total. The van der Waals surface area contributed by atoms with Crippen LogP contribution in [0.3, 0.4) is 0 Å². The normalized spacial score (nSPS) is 10.2. The Kier molecular flexibility index (Phi) is 8.49. The molecule has 0 atom stereocenters. The highest BCUT2D eigenvalue weighted by atomic mass is 16.6. The fourth-order valence-electron chi connectivity index (χ4n) is 2.94. The Morgan fingerprint density at radius 2 is 1.25 bits per heavy atom. The van der Waals surface area contributed by atoms with Gasteiger partial charge in [-0.15, -0.1) is 0 Å². The van der Waals surface area contributed by atoms with E-state index < -0.39 is 16.9 Å². The summed E-state index contributed by atoms with van der Waals surface area (Å²) in [4.78, 5) is 40.9. The topological polar surface area (TPSA) is 157 Å². The Bertz CT molecular complexity index is 1330. The molecule has 2 heterocycles. The Balaban J connectivity index is 0.000000202. The van der Waals surface area contributed by atoms with Crippen molar-refractivity contribution in [2.75, 3.05) is 18.9 Å². The highest BCUT2D eigenvalue weighted by molar-refractivity contribution is 5.87. The first kappa shape index (κ1) is 25.6. The van der Waals surface area contributed by atoms with Crippen LogP contribution in [0.4, 0.5) is 11.4 Å². The lowest BCUT2D eigenvalue weighted by Crippen LogP contribution is -2.04. The van der Waals surface area contributed by atoms with E-state index >= 15 is 0 Å². The summed E-state index contributed by atoms with van der Waals surface area (Å²) in [5.74, 6) is -0.912. The monoisotopic (exact) mass is 492 g/mol. The zero-order chi connectivity index (χ0) is 26.1. The smallest absolute Gasteiger partial charge is 0.358 e. The van der Waals surface area contributed by atoms with Gasteiger partial charge in [-0.1, -0.05) is 0 Å². The molecule has 0 aliphatic heterocycles. The minimum Gasteiger partial charge on any atom is -0.461 e. The Morgan fingerprint density at radius 3 is 1.64 bits per heavy atom. The number of hydrogen-bond donors (Lipinski definition) is 1. The first-order valence-corrected chi connectivity index (χ1v) is 10.8. The molecular formula is C24H24N6O6. The van der Waals surface area contributed by atoms with Crippen LogP contribution in [0.15, 0.2) is 73.6 Å². The fraction of sp³-hybridized carbons (Fsp3) is 0.167. The van der Waals surface area contributed by atoms with Crippen LogP contribution in [0, 0.1) is 10.1 Å². The number of esters is 2.